The molecule has 0 spiro atoms. The lowest BCUT2D eigenvalue weighted by molar-refractivity contribution is 0.0910. The molecule has 18 heavy (non-hydrogen) atoms. The van der Waals surface area contributed by atoms with Gasteiger partial charge >= 0.3 is 0 Å². The van der Waals surface area contributed by atoms with Crippen molar-refractivity contribution in [3.8, 4) is 0 Å². The molecule has 1 amide bonds. The highest BCUT2D eigenvalue weighted by Gasteiger charge is 2.15. The van der Waals surface area contributed by atoms with Crippen molar-refractivity contribution in [2.45, 2.75) is 13.0 Å². The van der Waals surface area contributed by atoms with Gasteiger partial charge in [-0.2, -0.15) is 0 Å². The number of rotatable bonds is 3. The number of carbonyl (C=O) groups is 1. The zero-order valence-corrected chi connectivity index (χ0v) is 12.8. The summed E-state index contributed by atoms with van der Waals surface area (Å²) < 4.78 is 6.72. The molecule has 5 heteroatoms. The van der Waals surface area contributed by atoms with Gasteiger partial charge in [-0.05, 0) is 46.6 Å². The molecule has 0 fully saturated rings. The maximum absolute atomic E-state index is 11.9. The molecule has 1 atom stereocenters. The lowest BCUT2D eigenvalue weighted by atomic mass is 10.1. The summed E-state index contributed by atoms with van der Waals surface area (Å²) in [7, 11) is 0. The Morgan fingerprint density at radius 3 is 2.56 bits per heavy atom. The van der Waals surface area contributed by atoms with E-state index >= 15 is 0 Å². The van der Waals surface area contributed by atoms with E-state index in [1.807, 2.05) is 31.2 Å². The summed E-state index contributed by atoms with van der Waals surface area (Å²) in [5.41, 5.74) is 1.02. The summed E-state index contributed by atoms with van der Waals surface area (Å²) in [4.78, 5) is 11.9. The first kappa shape index (κ1) is 13.4. The Morgan fingerprint density at radius 1 is 1.22 bits per heavy atom. The van der Waals surface area contributed by atoms with Crippen LogP contribution in [-0.4, -0.2) is 5.91 Å². The zero-order valence-electron chi connectivity index (χ0n) is 9.61. The zero-order chi connectivity index (χ0) is 13.1. The Bertz CT molecular complexity index is 566. The Morgan fingerprint density at radius 2 is 1.94 bits per heavy atom. The van der Waals surface area contributed by atoms with Gasteiger partial charge in [0.15, 0.2) is 10.4 Å². The van der Waals surface area contributed by atoms with Crippen molar-refractivity contribution < 1.29 is 9.21 Å². The van der Waals surface area contributed by atoms with Gasteiger partial charge in [0.25, 0.3) is 5.91 Å². The molecule has 0 bridgehead atoms. The van der Waals surface area contributed by atoms with Crippen molar-refractivity contribution in [3.63, 3.8) is 0 Å². The molecule has 0 radical (unpaired) electrons. The largest absolute Gasteiger partial charge is 0.444 e. The van der Waals surface area contributed by atoms with Crippen LogP contribution in [0.1, 0.15) is 29.1 Å². The summed E-state index contributed by atoms with van der Waals surface area (Å²) in [6, 6.07) is 11.0. The van der Waals surface area contributed by atoms with E-state index in [-0.39, 0.29) is 11.9 Å². The van der Waals surface area contributed by atoms with Crippen LogP contribution in [0.3, 0.4) is 0 Å². The number of hydrogen-bond donors (Lipinski definition) is 1. The number of halogens is 2. The molecule has 0 saturated heterocycles. The molecule has 0 aliphatic carbocycles. The molecule has 0 aliphatic rings. The highest BCUT2D eigenvalue weighted by molar-refractivity contribution is 9.10. The Hall–Kier alpha value is -1.07. The van der Waals surface area contributed by atoms with Crippen LogP contribution in [0.5, 0.6) is 0 Å². The number of benzene rings is 1. The average Bonchev–Trinajstić information content (AvgIpc) is 2.76. The van der Waals surface area contributed by atoms with Crippen molar-refractivity contribution in [1.82, 2.24) is 5.32 Å². The van der Waals surface area contributed by atoms with Crippen LogP contribution in [0.2, 0.25) is 0 Å². The number of carbonyl (C=O) groups excluding carboxylic acids is 1. The summed E-state index contributed by atoms with van der Waals surface area (Å²) in [6.45, 7) is 1.93. The first-order valence-corrected chi connectivity index (χ1v) is 6.97. The van der Waals surface area contributed by atoms with Crippen molar-refractivity contribution >= 4 is 37.8 Å². The lowest BCUT2D eigenvalue weighted by Gasteiger charge is -2.14. The monoisotopic (exact) mass is 371 g/mol. The minimum atomic E-state index is -0.232. The van der Waals surface area contributed by atoms with Crippen LogP contribution < -0.4 is 5.32 Å². The molecule has 1 heterocycles. The van der Waals surface area contributed by atoms with E-state index in [0.29, 0.717) is 10.4 Å². The van der Waals surface area contributed by atoms with Crippen molar-refractivity contribution in [2.75, 3.05) is 0 Å². The molecular formula is C13H11Br2NO2. The minimum absolute atomic E-state index is 0.100. The third-order valence-corrected chi connectivity index (χ3v) is 3.66. The van der Waals surface area contributed by atoms with Crippen LogP contribution in [0.15, 0.2) is 50.0 Å². The average molecular weight is 373 g/mol. The molecule has 0 aliphatic heterocycles. The predicted octanol–water partition coefficient (Wildman–Crippen LogP) is 4.30. The van der Waals surface area contributed by atoms with E-state index in [1.165, 1.54) is 0 Å². The van der Waals surface area contributed by atoms with Crippen LogP contribution >= 0.6 is 31.9 Å². The first-order chi connectivity index (χ1) is 8.58. The van der Waals surface area contributed by atoms with Gasteiger partial charge < -0.3 is 9.73 Å². The number of hydrogen-bond acceptors (Lipinski definition) is 2. The topological polar surface area (TPSA) is 42.2 Å². The number of nitrogens with one attached hydrogen (secondary N) is 1. The molecular weight excluding hydrogens is 362 g/mol. The Kier molecular flexibility index (Phi) is 4.24. The fourth-order valence-electron chi connectivity index (χ4n) is 1.61. The van der Waals surface area contributed by atoms with Gasteiger partial charge in [-0.3, -0.25) is 4.79 Å². The summed E-state index contributed by atoms with van der Waals surface area (Å²) in [6.07, 6.45) is 0. The maximum Gasteiger partial charge on any atom is 0.287 e. The van der Waals surface area contributed by atoms with Gasteiger partial charge in [0.2, 0.25) is 0 Å². The molecule has 1 aromatic carbocycles. The summed E-state index contributed by atoms with van der Waals surface area (Å²) in [5.74, 6) is 0.0599. The van der Waals surface area contributed by atoms with Crippen molar-refractivity contribution in [1.29, 1.82) is 0 Å². The molecule has 2 aromatic rings. The smallest absolute Gasteiger partial charge is 0.287 e. The maximum atomic E-state index is 11.9. The quantitative estimate of drug-likeness (QED) is 0.872. The van der Waals surface area contributed by atoms with E-state index < -0.39 is 0 Å². The normalized spacial score (nSPS) is 12.2. The Balaban J connectivity index is 2.10. The predicted molar refractivity (Wildman–Crippen MR) is 76.4 cm³/mol. The standard InChI is InChI=1S/C13H11Br2NO2/c1-8(9-4-2-3-5-10(9)14)16-13(17)11-6-7-12(15)18-11/h2-8H,1H3,(H,16,17). The molecule has 3 nitrogen and oxygen atoms in total. The third-order valence-electron chi connectivity index (χ3n) is 2.52. The van der Waals surface area contributed by atoms with Gasteiger partial charge in [0, 0.05) is 4.47 Å². The van der Waals surface area contributed by atoms with Gasteiger partial charge in [0.05, 0.1) is 6.04 Å². The number of amides is 1. The second kappa shape index (κ2) is 5.71. The second-order valence-corrected chi connectivity index (χ2v) is 5.46. The molecule has 2 rings (SSSR count). The molecule has 1 aromatic heterocycles. The Labute approximate surface area is 122 Å². The van der Waals surface area contributed by atoms with Gasteiger partial charge in [-0.1, -0.05) is 34.1 Å². The third kappa shape index (κ3) is 3.03. The highest BCUT2D eigenvalue weighted by Crippen LogP contribution is 2.23. The van der Waals surface area contributed by atoms with Crippen LogP contribution in [0.4, 0.5) is 0 Å². The van der Waals surface area contributed by atoms with E-state index in [0.717, 1.165) is 10.0 Å². The van der Waals surface area contributed by atoms with Gasteiger partial charge in [-0.15, -0.1) is 0 Å². The first-order valence-electron chi connectivity index (χ1n) is 5.38. The van der Waals surface area contributed by atoms with Crippen molar-refractivity contribution in [3.05, 3.63) is 56.9 Å². The lowest BCUT2D eigenvalue weighted by Crippen LogP contribution is -2.26. The second-order valence-electron chi connectivity index (χ2n) is 3.82. The summed E-state index contributed by atoms with van der Waals surface area (Å²) >= 11 is 6.63. The van der Waals surface area contributed by atoms with Gasteiger partial charge in [0.1, 0.15) is 0 Å². The fraction of sp³-hybridized carbons (Fsp3) is 0.154. The van der Waals surface area contributed by atoms with Crippen molar-refractivity contribution in [2.24, 2.45) is 0 Å². The molecule has 1 N–H and O–H groups in total. The molecule has 0 saturated carbocycles. The molecule has 1 unspecified atom stereocenters. The van der Waals surface area contributed by atoms with E-state index in [2.05, 4.69) is 37.2 Å². The SMILES string of the molecule is CC(NC(=O)c1ccc(Br)o1)c1ccccc1Br. The van der Waals surface area contributed by atoms with E-state index in [4.69, 9.17) is 4.42 Å². The molecule has 94 valence electrons. The number of furan rings is 1. The van der Waals surface area contributed by atoms with Crippen LogP contribution in [0.25, 0.3) is 0 Å². The van der Waals surface area contributed by atoms with Gasteiger partial charge in [-0.25, -0.2) is 0 Å². The minimum Gasteiger partial charge on any atom is -0.444 e. The van der Waals surface area contributed by atoms with Crippen LogP contribution in [0, 0.1) is 0 Å². The van der Waals surface area contributed by atoms with E-state index in [1.54, 1.807) is 12.1 Å². The van der Waals surface area contributed by atoms with E-state index in [9.17, 15) is 4.79 Å². The fourth-order valence-corrected chi connectivity index (χ4v) is 2.54. The van der Waals surface area contributed by atoms with Crippen LogP contribution in [-0.2, 0) is 0 Å². The summed E-state index contributed by atoms with van der Waals surface area (Å²) in [5, 5.41) is 2.88. The highest BCUT2D eigenvalue weighted by atomic mass is 79.9.